The number of amides is 3. The molecule has 8 nitrogen and oxygen atoms in total. The standard InChI is InChI=1S/C34H40ClN3O5/c1-6-17-36(5)30(40)27-28-31(41)38(24(21-39)19-23-13-9-8-10-14-23)29(34(28)20-22(3)33(27,4)43-34)32(42)37(18-7-2)26-16-12-11-15-25(26)35/h6-16,22,24,27-29,39H,1-2,17-21H2,3-5H3/t22?,24-,27-,28+,29?,33+,34?/m1/s1. The van der Waals surface area contributed by atoms with Crippen LogP contribution in [0.25, 0.3) is 0 Å². The summed E-state index contributed by atoms with van der Waals surface area (Å²) in [6.07, 6.45) is 3.99. The highest BCUT2D eigenvalue weighted by Crippen LogP contribution is 2.66. The fourth-order valence-electron chi connectivity index (χ4n) is 7.64. The highest BCUT2D eigenvalue weighted by Gasteiger charge is 2.80. The number of para-hydroxylation sites is 1. The SMILES string of the molecule is C=CCN(C)C(=O)[C@H]1[C@H]2C(=O)N([C@@H](CO)Cc3ccccc3)C(C(=O)N(CC=C)c3ccccc3Cl)C23CC(C)[C@]1(C)O3. The molecule has 2 aromatic carbocycles. The van der Waals surface area contributed by atoms with E-state index in [4.69, 9.17) is 16.3 Å². The number of fused-ring (bicyclic) bond motifs is 1. The van der Waals surface area contributed by atoms with Crippen molar-refractivity contribution in [2.24, 2.45) is 17.8 Å². The van der Waals surface area contributed by atoms with Crippen LogP contribution in [0.3, 0.4) is 0 Å². The van der Waals surface area contributed by atoms with Crippen molar-refractivity contribution in [3.63, 3.8) is 0 Å². The van der Waals surface area contributed by atoms with Gasteiger partial charge in [0.15, 0.2) is 0 Å². The number of aliphatic hydroxyl groups is 1. The van der Waals surface area contributed by atoms with Gasteiger partial charge >= 0.3 is 0 Å². The number of ether oxygens (including phenoxy) is 1. The van der Waals surface area contributed by atoms with Crippen molar-refractivity contribution in [2.75, 3.05) is 31.6 Å². The largest absolute Gasteiger partial charge is 0.394 e. The average Bonchev–Trinajstić information content (AvgIpc) is 3.51. The van der Waals surface area contributed by atoms with Crippen molar-refractivity contribution in [1.29, 1.82) is 0 Å². The van der Waals surface area contributed by atoms with Gasteiger partial charge < -0.3 is 24.5 Å². The summed E-state index contributed by atoms with van der Waals surface area (Å²) in [5.41, 5.74) is -0.843. The number of carbonyl (C=O) groups is 3. The van der Waals surface area contributed by atoms with Crippen molar-refractivity contribution >= 4 is 35.0 Å². The molecule has 5 rings (SSSR count). The van der Waals surface area contributed by atoms with Gasteiger partial charge in [0.1, 0.15) is 11.6 Å². The normalized spacial score (nSPS) is 29.7. The molecular weight excluding hydrogens is 566 g/mol. The van der Waals surface area contributed by atoms with Crippen LogP contribution in [0.2, 0.25) is 5.02 Å². The van der Waals surface area contributed by atoms with Crippen LogP contribution in [0.4, 0.5) is 5.69 Å². The zero-order valence-electron chi connectivity index (χ0n) is 25.0. The van der Waals surface area contributed by atoms with E-state index in [1.165, 1.54) is 9.80 Å². The Kier molecular flexibility index (Phi) is 8.58. The molecule has 0 radical (unpaired) electrons. The van der Waals surface area contributed by atoms with E-state index in [9.17, 15) is 19.5 Å². The van der Waals surface area contributed by atoms with E-state index in [0.717, 1.165) is 5.56 Å². The Bertz CT molecular complexity index is 1420. The number of likely N-dealkylation sites (tertiary alicyclic amines) is 1. The quantitative estimate of drug-likeness (QED) is 0.389. The van der Waals surface area contributed by atoms with E-state index in [2.05, 4.69) is 13.2 Å². The third-order valence-corrected chi connectivity index (χ3v) is 9.99. The van der Waals surface area contributed by atoms with Gasteiger partial charge in [-0.3, -0.25) is 14.4 Å². The molecule has 0 saturated carbocycles. The Morgan fingerprint density at radius 1 is 1.12 bits per heavy atom. The predicted octanol–water partition coefficient (Wildman–Crippen LogP) is 4.12. The van der Waals surface area contributed by atoms with Crippen LogP contribution in [-0.4, -0.2) is 82.7 Å². The van der Waals surface area contributed by atoms with Gasteiger partial charge in [0.25, 0.3) is 5.91 Å². The van der Waals surface area contributed by atoms with E-state index in [1.54, 1.807) is 48.4 Å². The summed E-state index contributed by atoms with van der Waals surface area (Å²) < 4.78 is 6.90. The van der Waals surface area contributed by atoms with Gasteiger partial charge in [0.2, 0.25) is 11.8 Å². The van der Waals surface area contributed by atoms with E-state index in [0.29, 0.717) is 30.1 Å². The Balaban J connectivity index is 1.67. The van der Waals surface area contributed by atoms with Crippen molar-refractivity contribution < 1.29 is 24.2 Å². The number of aliphatic hydroxyl groups excluding tert-OH is 1. The lowest BCUT2D eigenvalue weighted by molar-refractivity contribution is -0.153. The van der Waals surface area contributed by atoms with Gasteiger partial charge in [-0.15, -0.1) is 13.2 Å². The maximum absolute atomic E-state index is 14.9. The number of nitrogens with zero attached hydrogens (tertiary/aromatic N) is 3. The lowest BCUT2D eigenvalue weighted by atomic mass is 9.62. The minimum absolute atomic E-state index is 0.118. The van der Waals surface area contributed by atoms with Crippen LogP contribution in [0.1, 0.15) is 25.8 Å². The van der Waals surface area contributed by atoms with Crippen molar-refractivity contribution in [1.82, 2.24) is 9.80 Å². The Morgan fingerprint density at radius 2 is 1.77 bits per heavy atom. The summed E-state index contributed by atoms with van der Waals surface area (Å²) in [5, 5.41) is 11.1. The molecule has 2 bridgehead atoms. The highest BCUT2D eigenvalue weighted by molar-refractivity contribution is 6.34. The molecule has 7 atom stereocenters. The summed E-state index contributed by atoms with van der Waals surface area (Å²) in [7, 11) is 1.69. The molecule has 9 heteroatoms. The number of anilines is 1. The summed E-state index contributed by atoms with van der Waals surface area (Å²) in [5.74, 6) is -2.79. The molecule has 3 heterocycles. The molecule has 3 saturated heterocycles. The number of likely N-dealkylation sites (N-methyl/N-ethyl adjacent to an activating group) is 1. The van der Waals surface area contributed by atoms with Crippen LogP contribution in [0.5, 0.6) is 0 Å². The first-order chi connectivity index (χ1) is 20.5. The maximum Gasteiger partial charge on any atom is 0.253 e. The second kappa shape index (κ2) is 11.9. The lowest BCUT2D eigenvalue weighted by Gasteiger charge is -2.39. The zero-order valence-corrected chi connectivity index (χ0v) is 25.7. The topological polar surface area (TPSA) is 90.4 Å². The molecule has 0 aliphatic carbocycles. The van der Waals surface area contributed by atoms with Gasteiger partial charge in [-0.05, 0) is 43.4 Å². The fraction of sp³-hybridized carbons (Fsp3) is 0.441. The second-order valence-electron chi connectivity index (χ2n) is 12.2. The van der Waals surface area contributed by atoms with Crippen LogP contribution < -0.4 is 4.90 Å². The molecule has 3 amide bonds. The highest BCUT2D eigenvalue weighted by atomic mass is 35.5. The minimum Gasteiger partial charge on any atom is -0.394 e. The van der Waals surface area contributed by atoms with E-state index in [-0.39, 0.29) is 36.8 Å². The molecule has 3 unspecified atom stereocenters. The Labute approximate surface area is 258 Å². The molecule has 3 aliphatic rings. The molecule has 3 aliphatic heterocycles. The molecule has 43 heavy (non-hydrogen) atoms. The smallest absolute Gasteiger partial charge is 0.253 e. The lowest BCUT2D eigenvalue weighted by Crippen LogP contribution is -2.59. The van der Waals surface area contributed by atoms with Crippen LogP contribution in [-0.2, 0) is 25.5 Å². The van der Waals surface area contributed by atoms with Gasteiger partial charge in [-0.1, -0.05) is 73.1 Å². The monoisotopic (exact) mass is 605 g/mol. The first-order valence-corrected chi connectivity index (χ1v) is 15.1. The number of halogens is 1. The van der Waals surface area contributed by atoms with E-state index >= 15 is 0 Å². The maximum atomic E-state index is 14.9. The molecule has 228 valence electrons. The number of rotatable bonds is 11. The summed E-state index contributed by atoms with van der Waals surface area (Å²) in [6, 6.07) is 14.7. The number of benzene rings is 2. The summed E-state index contributed by atoms with van der Waals surface area (Å²) >= 11 is 6.59. The number of hydrogen-bond acceptors (Lipinski definition) is 5. The van der Waals surface area contributed by atoms with Crippen molar-refractivity contribution in [3.8, 4) is 0 Å². The molecule has 1 N–H and O–H groups in total. The van der Waals surface area contributed by atoms with Gasteiger partial charge in [0.05, 0.1) is 40.8 Å². The molecule has 0 aromatic heterocycles. The zero-order chi connectivity index (χ0) is 31.1. The average molecular weight is 606 g/mol. The first kappa shape index (κ1) is 31.0. The van der Waals surface area contributed by atoms with Crippen LogP contribution in [0, 0.1) is 17.8 Å². The van der Waals surface area contributed by atoms with E-state index < -0.39 is 35.1 Å². The molecule has 3 fully saturated rings. The van der Waals surface area contributed by atoms with Crippen LogP contribution >= 0.6 is 11.6 Å². The number of carbonyl (C=O) groups excluding carboxylic acids is 3. The van der Waals surface area contributed by atoms with Crippen LogP contribution in [0.15, 0.2) is 79.9 Å². The first-order valence-electron chi connectivity index (χ1n) is 14.8. The summed E-state index contributed by atoms with van der Waals surface area (Å²) in [6.45, 7) is 11.6. The third kappa shape index (κ3) is 4.89. The molecular formula is C34H40ClN3O5. The third-order valence-electron chi connectivity index (χ3n) is 9.67. The van der Waals surface area contributed by atoms with Gasteiger partial charge in [-0.2, -0.15) is 0 Å². The van der Waals surface area contributed by atoms with E-state index in [1.807, 2.05) is 44.2 Å². The summed E-state index contributed by atoms with van der Waals surface area (Å²) in [4.78, 5) is 48.3. The molecule has 2 aromatic rings. The Morgan fingerprint density at radius 3 is 2.40 bits per heavy atom. The predicted molar refractivity (Wildman–Crippen MR) is 166 cm³/mol. The van der Waals surface area contributed by atoms with Crippen molar-refractivity contribution in [3.05, 3.63) is 90.5 Å². The molecule has 1 spiro atoms. The number of hydrogen-bond donors (Lipinski definition) is 1. The minimum atomic E-state index is -1.28. The second-order valence-corrected chi connectivity index (χ2v) is 12.6. The van der Waals surface area contributed by atoms with Gasteiger partial charge in [-0.25, -0.2) is 0 Å². The Hall–Kier alpha value is -3.46. The fourth-order valence-corrected chi connectivity index (χ4v) is 7.88. The van der Waals surface area contributed by atoms with Gasteiger partial charge in [0, 0.05) is 20.1 Å². The van der Waals surface area contributed by atoms with Crippen molar-refractivity contribution in [2.45, 2.75) is 50.0 Å².